The Morgan fingerprint density at radius 1 is 1.09 bits per heavy atom. The van der Waals surface area contributed by atoms with Crippen molar-refractivity contribution < 1.29 is 9.90 Å². The zero-order valence-electron chi connectivity index (χ0n) is 6.75. The second kappa shape index (κ2) is 9.34. The second-order valence-electron chi connectivity index (χ2n) is 2.46. The summed E-state index contributed by atoms with van der Waals surface area (Å²) in [5.74, 6) is 0. The summed E-state index contributed by atoms with van der Waals surface area (Å²) >= 11 is 0. The van der Waals surface area contributed by atoms with Crippen LogP contribution in [0.1, 0.15) is 32.1 Å². The Morgan fingerprint density at radius 3 is 2.36 bits per heavy atom. The highest BCUT2D eigenvalue weighted by molar-refractivity contribution is 5.32. The lowest BCUT2D eigenvalue weighted by Gasteiger charge is -1.95. The molecule has 0 fully saturated rings. The largest absolute Gasteiger partial charge is 0.396 e. The molecule has 0 saturated heterocycles. The lowest BCUT2D eigenvalue weighted by molar-refractivity contribution is 0.282. The zero-order chi connectivity index (χ0) is 8.36. The molecule has 0 heterocycles. The van der Waals surface area contributed by atoms with Gasteiger partial charge in [-0.15, -0.1) is 0 Å². The third-order valence-electron chi connectivity index (χ3n) is 1.49. The van der Waals surface area contributed by atoms with Crippen molar-refractivity contribution in [3.63, 3.8) is 0 Å². The molecule has 0 atom stereocenters. The number of aliphatic hydroxyl groups is 1. The summed E-state index contributed by atoms with van der Waals surface area (Å²) in [6.45, 7) is 0.884. The van der Waals surface area contributed by atoms with E-state index in [1.807, 2.05) is 0 Å². The molecular weight excluding hydrogens is 142 g/mol. The average molecular weight is 157 g/mol. The molecule has 11 heavy (non-hydrogen) atoms. The number of hydrogen-bond donors (Lipinski definition) is 1. The highest BCUT2D eigenvalue weighted by atomic mass is 16.2. The second-order valence-corrected chi connectivity index (χ2v) is 2.46. The fraction of sp³-hybridized carbons (Fsp3) is 0.875. The van der Waals surface area contributed by atoms with E-state index in [9.17, 15) is 4.79 Å². The van der Waals surface area contributed by atoms with Gasteiger partial charge >= 0.3 is 0 Å². The van der Waals surface area contributed by atoms with E-state index in [1.54, 1.807) is 0 Å². The summed E-state index contributed by atoms with van der Waals surface area (Å²) in [7, 11) is 0. The molecule has 1 N–H and O–H groups in total. The molecule has 0 aliphatic carbocycles. The predicted octanol–water partition coefficient (Wildman–Crippen LogP) is 1.27. The molecule has 0 aliphatic rings. The van der Waals surface area contributed by atoms with Gasteiger partial charge in [-0.25, -0.2) is 9.79 Å². The van der Waals surface area contributed by atoms with Crippen LogP contribution < -0.4 is 0 Å². The van der Waals surface area contributed by atoms with Gasteiger partial charge in [-0.2, -0.15) is 0 Å². The molecule has 3 nitrogen and oxygen atoms in total. The van der Waals surface area contributed by atoms with Crippen LogP contribution >= 0.6 is 0 Å². The van der Waals surface area contributed by atoms with Crippen LogP contribution in [0.5, 0.6) is 0 Å². The Bertz CT molecular complexity index is 119. The van der Waals surface area contributed by atoms with Crippen LogP contribution in [0, 0.1) is 0 Å². The van der Waals surface area contributed by atoms with Gasteiger partial charge in [0, 0.05) is 6.61 Å². The van der Waals surface area contributed by atoms with Gasteiger partial charge in [0.15, 0.2) is 0 Å². The van der Waals surface area contributed by atoms with Crippen molar-refractivity contribution in [3.8, 4) is 0 Å². The number of aliphatic imine (C=N–C) groups is 1. The minimum absolute atomic E-state index is 0.284. The van der Waals surface area contributed by atoms with Crippen molar-refractivity contribution in [2.45, 2.75) is 32.1 Å². The standard InChI is InChI=1S/C8H15NO2/c10-7-5-3-1-2-4-6-9-8-11/h10H,1-7H2. The maximum Gasteiger partial charge on any atom is 0.234 e. The molecule has 0 bridgehead atoms. The summed E-state index contributed by atoms with van der Waals surface area (Å²) < 4.78 is 0. The SMILES string of the molecule is O=C=NCCCCCCCO. The molecule has 0 aromatic carbocycles. The Kier molecular flexibility index (Phi) is 8.78. The summed E-state index contributed by atoms with van der Waals surface area (Å²) in [5.41, 5.74) is 0. The number of rotatable bonds is 7. The van der Waals surface area contributed by atoms with Gasteiger partial charge < -0.3 is 5.11 Å². The van der Waals surface area contributed by atoms with Gasteiger partial charge in [-0.3, -0.25) is 0 Å². The lowest BCUT2D eigenvalue weighted by atomic mass is 10.1. The van der Waals surface area contributed by atoms with Gasteiger partial charge in [0.1, 0.15) is 0 Å². The summed E-state index contributed by atoms with van der Waals surface area (Å²) in [6, 6.07) is 0. The highest BCUT2D eigenvalue weighted by Crippen LogP contribution is 2.01. The van der Waals surface area contributed by atoms with Crippen LogP contribution in [0.25, 0.3) is 0 Å². The maximum absolute atomic E-state index is 9.62. The number of unbranched alkanes of at least 4 members (excludes halogenated alkanes) is 4. The number of isocyanates is 1. The molecule has 0 spiro atoms. The topological polar surface area (TPSA) is 49.7 Å². The molecule has 0 aromatic heterocycles. The summed E-state index contributed by atoms with van der Waals surface area (Å²) in [6.07, 6.45) is 6.63. The van der Waals surface area contributed by atoms with Crippen molar-refractivity contribution in [3.05, 3.63) is 0 Å². The molecule has 0 amide bonds. The van der Waals surface area contributed by atoms with Crippen LogP contribution in [0.3, 0.4) is 0 Å². The number of hydrogen-bond acceptors (Lipinski definition) is 3. The molecule has 0 aromatic rings. The first-order chi connectivity index (χ1) is 5.41. The molecule has 64 valence electrons. The molecule has 0 aliphatic heterocycles. The highest BCUT2D eigenvalue weighted by Gasteiger charge is 1.88. The van der Waals surface area contributed by atoms with Gasteiger partial charge in [0.25, 0.3) is 0 Å². The minimum Gasteiger partial charge on any atom is -0.396 e. The fourth-order valence-electron chi connectivity index (χ4n) is 0.879. The first kappa shape index (κ1) is 10.3. The van der Waals surface area contributed by atoms with Crippen LogP contribution in [-0.4, -0.2) is 24.3 Å². The summed E-state index contributed by atoms with van der Waals surface area (Å²) in [4.78, 5) is 13.0. The first-order valence-electron chi connectivity index (χ1n) is 4.06. The molecule has 0 rings (SSSR count). The Morgan fingerprint density at radius 2 is 1.73 bits per heavy atom. The average Bonchev–Trinajstić information content (AvgIpc) is 2.03. The predicted molar refractivity (Wildman–Crippen MR) is 43.2 cm³/mol. The molecule has 0 unspecified atom stereocenters. The Hall–Kier alpha value is -0.660. The third kappa shape index (κ3) is 9.34. The molecule has 0 radical (unpaired) electrons. The van der Waals surface area contributed by atoms with Crippen molar-refractivity contribution in [2.24, 2.45) is 4.99 Å². The molecular formula is C8H15NO2. The normalized spacial score (nSPS) is 9.18. The van der Waals surface area contributed by atoms with Gasteiger partial charge in [-0.05, 0) is 12.8 Å². The van der Waals surface area contributed by atoms with Crippen molar-refractivity contribution in [1.82, 2.24) is 0 Å². The number of carbonyl (C=O) groups excluding carboxylic acids is 1. The van der Waals surface area contributed by atoms with E-state index in [4.69, 9.17) is 5.11 Å². The van der Waals surface area contributed by atoms with Gasteiger partial charge in [0.2, 0.25) is 6.08 Å². The molecule has 0 saturated carbocycles. The van der Waals surface area contributed by atoms with E-state index in [0.717, 1.165) is 32.1 Å². The maximum atomic E-state index is 9.62. The van der Waals surface area contributed by atoms with Crippen molar-refractivity contribution in [2.75, 3.05) is 13.2 Å². The third-order valence-corrected chi connectivity index (χ3v) is 1.49. The smallest absolute Gasteiger partial charge is 0.234 e. The number of aliphatic hydroxyl groups excluding tert-OH is 1. The van der Waals surface area contributed by atoms with Crippen molar-refractivity contribution in [1.29, 1.82) is 0 Å². The van der Waals surface area contributed by atoms with Crippen molar-refractivity contribution >= 4 is 6.08 Å². The monoisotopic (exact) mass is 157 g/mol. The zero-order valence-corrected chi connectivity index (χ0v) is 6.75. The number of nitrogens with zero attached hydrogens (tertiary/aromatic N) is 1. The quantitative estimate of drug-likeness (QED) is 0.343. The minimum atomic E-state index is 0.284. The fourth-order valence-corrected chi connectivity index (χ4v) is 0.879. The lowest BCUT2D eigenvalue weighted by Crippen LogP contribution is -1.85. The molecule has 3 heteroatoms. The van der Waals surface area contributed by atoms with E-state index >= 15 is 0 Å². The van der Waals surface area contributed by atoms with Gasteiger partial charge in [-0.1, -0.05) is 19.3 Å². The van der Waals surface area contributed by atoms with Gasteiger partial charge in [0.05, 0.1) is 6.54 Å². The Labute approximate surface area is 67.1 Å². The van der Waals surface area contributed by atoms with Crippen LogP contribution in [0.15, 0.2) is 4.99 Å². The summed E-state index contributed by atoms with van der Waals surface area (Å²) in [5, 5.41) is 8.44. The van der Waals surface area contributed by atoms with E-state index in [0.29, 0.717) is 6.54 Å². The van der Waals surface area contributed by atoms with E-state index in [-0.39, 0.29) is 6.61 Å². The van der Waals surface area contributed by atoms with Crippen LogP contribution in [0.2, 0.25) is 0 Å². The van der Waals surface area contributed by atoms with Crippen LogP contribution in [0.4, 0.5) is 0 Å². The Balaban J connectivity index is 2.84. The van der Waals surface area contributed by atoms with Crippen LogP contribution in [-0.2, 0) is 4.79 Å². The van der Waals surface area contributed by atoms with E-state index in [2.05, 4.69) is 4.99 Å². The van der Waals surface area contributed by atoms with E-state index in [1.165, 1.54) is 6.08 Å². The first-order valence-corrected chi connectivity index (χ1v) is 4.06. The van der Waals surface area contributed by atoms with E-state index < -0.39 is 0 Å².